The maximum atomic E-state index is 11.7. The number of anilines is 4. The van der Waals surface area contributed by atoms with Crippen LogP contribution in [0, 0.1) is 5.92 Å². The zero-order valence-electron chi connectivity index (χ0n) is 14.4. The summed E-state index contributed by atoms with van der Waals surface area (Å²) in [6.07, 6.45) is 2.58. The van der Waals surface area contributed by atoms with Gasteiger partial charge in [0, 0.05) is 41.8 Å². The van der Waals surface area contributed by atoms with Crippen molar-refractivity contribution in [2.24, 2.45) is 5.92 Å². The third-order valence-corrected chi connectivity index (χ3v) is 4.30. The number of nitrogens with zero attached hydrogens (tertiary/aromatic N) is 1. The second-order valence-electron chi connectivity index (χ2n) is 6.59. The van der Waals surface area contributed by atoms with E-state index in [-0.39, 0.29) is 11.8 Å². The minimum Gasteiger partial charge on any atom is -0.372 e. The number of hydrogen-bond donors (Lipinski definition) is 2. The van der Waals surface area contributed by atoms with Crippen molar-refractivity contribution in [1.82, 2.24) is 0 Å². The maximum Gasteiger partial charge on any atom is 0.226 e. The van der Waals surface area contributed by atoms with E-state index in [4.69, 9.17) is 0 Å². The molecule has 2 N–H and O–H groups in total. The molecule has 0 radical (unpaired) electrons. The van der Waals surface area contributed by atoms with Gasteiger partial charge >= 0.3 is 0 Å². The van der Waals surface area contributed by atoms with Crippen LogP contribution < -0.4 is 15.5 Å². The van der Waals surface area contributed by atoms with Gasteiger partial charge in [0.25, 0.3) is 0 Å². The molecule has 0 bridgehead atoms. The molecule has 2 aromatic carbocycles. The smallest absolute Gasteiger partial charge is 0.226 e. The molecule has 0 spiro atoms. The van der Waals surface area contributed by atoms with Crippen LogP contribution in [0.3, 0.4) is 0 Å². The first-order valence-electron chi connectivity index (χ1n) is 8.65. The van der Waals surface area contributed by atoms with Crippen molar-refractivity contribution in [1.29, 1.82) is 0 Å². The van der Waals surface area contributed by atoms with Crippen molar-refractivity contribution in [2.75, 3.05) is 28.6 Å². The van der Waals surface area contributed by atoms with E-state index < -0.39 is 0 Å². The predicted octanol–water partition coefficient (Wildman–Crippen LogP) is 4.62. The Bertz CT molecular complexity index is 671. The second kappa shape index (κ2) is 7.39. The lowest BCUT2D eigenvalue weighted by atomic mass is 10.2. The number of hydrogen-bond acceptors (Lipinski definition) is 3. The Balaban J connectivity index is 1.60. The number of carbonyl (C=O) groups is 1. The van der Waals surface area contributed by atoms with Crippen LogP contribution in [0.25, 0.3) is 0 Å². The second-order valence-corrected chi connectivity index (χ2v) is 6.59. The summed E-state index contributed by atoms with van der Waals surface area (Å²) >= 11 is 0. The molecule has 4 nitrogen and oxygen atoms in total. The Morgan fingerprint density at radius 1 is 0.875 bits per heavy atom. The summed E-state index contributed by atoms with van der Waals surface area (Å²) in [5, 5.41) is 6.29. The van der Waals surface area contributed by atoms with E-state index >= 15 is 0 Å². The van der Waals surface area contributed by atoms with Gasteiger partial charge in [-0.05, 0) is 61.4 Å². The molecular weight excluding hydrogens is 298 g/mol. The quantitative estimate of drug-likeness (QED) is 0.843. The first-order chi connectivity index (χ1) is 11.6. The Morgan fingerprint density at radius 3 is 1.92 bits per heavy atom. The number of benzene rings is 2. The highest BCUT2D eigenvalue weighted by molar-refractivity contribution is 5.92. The fourth-order valence-corrected chi connectivity index (χ4v) is 2.82. The van der Waals surface area contributed by atoms with E-state index in [2.05, 4.69) is 39.8 Å². The van der Waals surface area contributed by atoms with Gasteiger partial charge in [0.2, 0.25) is 5.91 Å². The van der Waals surface area contributed by atoms with Crippen LogP contribution >= 0.6 is 0 Å². The molecule has 0 aromatic heterocycles. The molecule has 126 valence electrons. The van der Waals surface area contributed by atoms with Crippen LogP contribution in [0.1, 0.15) is 26.7 Å². The Kier molecular flexibility index (Phi) is 5.04. The van der Waals surface area contributed by atoms with Crippen LogP contribution in [-0.2, 0) is 4.79 Å². The first-order valence-corrected chi connectivity index (χ1v) is 8.65. The third kappa shape index (κ3) is 4.07. The van der Waals surface area contributed by atoms with Crippen LogP contribution in [0.2, 0.25) is 0 Å². The normalized spacial score (nSPS) is 14.0. The van der Waals surface area contributed by atoms with Gasteiger partial charge in [-0.15, -0.1) is 0 Å². The fraction of sp³-hybridized carbons (Fsp3) is 0.350. The molecule has 0 unspecified atom stereocenters. The largest absolute Gasteiger partial charge is 0.372 e. The lowest BCUT2D eigenvalue weighted by molar-refractivity contribution is -0.118. The van der Waals surface area contributed by atoms with E-state index in [1.165, 1.54) is 18.5 Å². The SMILES string of the molecule is CC(C)C(=O)Nc1ccc(Nc2ccc(N3CCCC3)cc2)cc1. The van der Waals surface area contributed by atoms with Crippen molar-refractivity contribution in [3.05, 3.63) is 48.5 Å². The summed E-state index contributed by atoms with van der Waals surface area (Å²) in [7, 11) is 0. The van der Waals surface area contributed by atoms with Crippen molar-refractivity contribution < 1.29 is 4.79 Å². The van der Waals surface area contributed by atoms with Crippen molar-refractivity contribution >= 4 is 28.7 Å². The average Bonchev–Trinajstić information content (AvgIpc) is 3.12. The van der Waals surface area contributed by atoms with Gasteiger partial charge in [-0.3, -0.25) is 4.79 Å². The molecule has 0 atom stereocenters. The van der Waals surface area contributed by atoms with Gasteiger partial charge in [-0.25, -0.2) is 0 Å². The standard InChI is InChI=1S/C20H25N3O/c1-15(2)20(24)22-18-7-5-16(6-8-18)21-17-9-11-19(12-10-17)23-13-3-4-14-23/h5-12,15,21H,3-4,13-14H2,1-2H3,(H,22,24). The summed E-state index contributed by atoms with van der Waals surface area (Å²) in [5.41, 5.74) is 4.19. The Labute approximate surface area is 143 Å². The minimum atomic E-state index is -0.0167. The Hall–Kier alpha value is -2.49. The van der Waals surface area contributed by atoms with E-state index in [0.717, 1.165) is 30.2 Å². The third-order valence-electron chi connectivity index (χ3n) is 4.30. The molecule has 0 saturated carbocycles. The number of rotatable bonds is 5. The number of nitrogens with one attached hydrogen (secondary N) is 2. The van der Waals surface area contributed by atoms with E-state index in [9.17, 15) is 4.79 Å². The van der Waals surface area contributed by atoms with Gasteiger partial charge in [0.1, 0.15) is 0 Å². The first kappa shape index (κ1) is 16.4. The molecule has 1 fully saturated rings. The summed E-state index contributed by atoms with van der Waals surface area (Å²) in [5.74, 6) is 0.0186. The molecule has 1 saturated heterocycles. The fourth-order valence-electron chi connectivity index (χ4n) is 2.82. The molecule has 4 heteroatoms. The summed E-state index contributed by atoms with van der Waals surface area (Å²) < 4.78 is 0. The monoisotopic (exact) mass is 323 g/mol. The molecule has 1 heterocycles. The molecule has 1 aliphatic rings. The van der Waals surface area contributed by atoms with E-state index in [1.54, 1.807) is 0 Å². The Morgan fingerprint density at radius 2 is 1.38 bits per heavy atom. The molecule has 0 aliphatic carbocycles. The molecular formula is C20H25N3O. The number of amides is 1. The van der Waals surface area contributed by atoms with Crippen molar-refractivity contribution in [3.63, 3.8) is 0 Å². The zero-order valence-corrected chi connectivity index (χ0v) is 14.4. The summed E-state index contributed by atoms with van der Waals surface area (Å²) in [6, 6.07) is 16.4. The van der Waals surface area contributed by atoms with Crippen molar-refractivity contribution in [2.45, 2.75) is 26.7 Å². The maximum absolute atomic E-state index is 11.7. The van der Waals surface area contributed by atoms with Crippen molar-refractivity contribution in [3.8, 4) is 0 Å². The van der Waals surface area contributed by atoms with Gasteiger partial charge in [0.05, 0.1) is 0 Å². The zero-order chi connectivity index (χ0) is 16.9. The molecule has 2 aromatic rings. The van der Waals surface area contributed by atoms with Crippen LogP contribution in [-0.4, -0.2) is 19.0 Å². The molecule has 24 heavy (non-hydrogen) atoms. The van der Waals surface area contributed by atoms with Gasteiger partial charge in [-0.2, -0.15) is 0 Å². The predicted molar refractivity (Wildman–Crippen MR) is 101 cm³/mol. The molecule has 1 aliphatic heterocycles. The summed E-state index contributed by atoms with van der Waals surface area (Å²) in [6.45, 7) is 6.10. The van der Waals surface area contributed by atoms with Crippen LogP contribution in [0.4, 0.5) is 22.7 Å². The average molecular weight is 323 g/mol. The lowest BCUT2D eigenvalue weighted by Crippen LogP contribution is -2.17. The minimum absolute atomic E-state index is 0.0167. The van der Waals surface area contributed by atoms with E-state index in [0.29, 0.717) is 0 Å². The van der Waals surface area contributed by atoms with Gasteiger partial charge < -0.3 is 15.5 Å². The lowest BCUT2D eigenvalue weighted by Gasteiger charge is -2.18. The van der Waals surface area contributed by atoms with E-state index in [1.807, 2.05) is 38.1 Å². The van der Waals surface area contributed by atoms with Crippen LogP contribution in [0.15, 0.2) is 48.5 Å². The number of carbonyl (C=O) groups excluding carboxylic acids is 1. The molecule has 1 amide bonds. The topological polar surface area (TPSA) is 44.4 Å². The van der Waals surface area contributed by atoms with Crippen LogP contribution in [0.5, 0.6) is 0 Å². The highest BCUT2D eigenvalue weighted by Crippen LogP contribution is 2.24. The van der Waals surface area contributed by atoms with Gasteiger partial charge in [-0.1, -0.05) is 13.8 Å². The molecule has 3 rings (SSSR count). The highest BCUT2D eigenvalue weighted by Gasteiger charge is 2.11. The van der Waals surface area contributed by atoms with Gasteiger partial charge in [0.15, 0.2) is 0 Å². The highest BCUT2D eigenvalue weighted by atomic mass is 16.1. The summed E-state index contributed by atoms with van der Waals surface area (Å²) in [4.78, 5) is 14.1.